The second-order valence-electron chi connectivity index (χ2n) is 8.60. The molecule has 0 saturated heterocycles. The van der Waals surface area contributed by atoms with E-state index in [1.54, 1.807) is 4.57 Å². The van der Waals surface area contributed by atoms with Gasteiger partial charge in [0.15, 0.2) is 17.3 Å². The van der Waals surface area contributed by atoms with Gasteiger partial charge in [0, 0.05) is 19.0 Å². The Kier molecular flexibility index (Phi) is 4.91. The van der Waals surface area contributed by atoms with Gasteiger partial charge < -0.3 is 14.5 Å². The van der Waals surface area contributed by atoms with Gasteiger partial charge in [-0.1, -0.05) is 60.2 Å². The Morgan fingerprint density at radius 2 is 1.76 bits per heavy atom. The molecular weight excluding hydrogens is 426 g/mol. The number of aryl methyl sites for hydroxylation is 1. The molecule has 3 aromatic rings. The number of benzene rings is 3. The lowest BCUT2D eigenvalue weighted by molar-refractivity contribution is 0.174. The lowest BCUT2D eigenvalue weighted by Crippen LogP contribution is -2.17. The van der Waals surface area contributed by atoms with Gasteiger partial charge in [-0.3, -0.25) is 9.36 Å². The average Bonchev–Trinajstić information content (AvgIpc) is 3.44. The molecule has 0 aromatic heterocycles. The summed E-state index contributed by atoms with van der Waals surface area (Å²) in [6.07, 6.45) is 2.92. The first-order chi connectivity index (χ1) is 16.6. The maximum absolute atomic E-state index is 13.5. The molecule has 1 N–H and O–H groups in total. The second-order valence-corrected chi connectivity index (χ2v) is 8.60. The van der Waals surface area contributed by atoms with Crippen LogP contribution in [0.1, 0.15) is 28.1 Å². The van der Waals surface area contributed by atoms with E-state index in [1.807, 2.05) is 54.7 Å². The van der Waals surface area contributed by atoms with Crippen LogP contribution in [-0.2, 0) is 12.8 Å². The van der Waals surface area contributed by atoms with Gasteiger partial charge in [-0.15, -0.1) is 0 Å². The quantitative estimate of drug-likeness (QED) is 0.415. The molecular formula is C28H23N3O3. The number of fused-ring (bicyclic) bond motifs is 2. The summed E-state index contributed by atoms with van der Waals surface area (Å²) in [6.45, 7) is 2.28. The molecule has 0 fully saturated rings. The number of nitrogens with one attached hydrogen (secondary N) is 1. The van der Waals surface area contributed by atoms with Crippen molar-refractivity contribution in [1.29, 1.82) is 0 Å². The van der Waals surface area contributed by atoms with Gasteiger partial charge >= 0.3 is 0 Å². The number of aromatic amines is 1. The van der Waals surface area contributed by atoms with Crippen LogP contribution in [0, 0.1) is 6.92 Å². The van der Waals surface area contributed by atoms with E-state index in [4.69, 9.17) is 14.5 Å². The lowest BCUT2D eigenvalue weighted by atomic mass is 10.1. The zero-order valence-corrected chi connectivity index (χ0v) is 18.7. The van der Waals surface area contributed by atoms with Crippen molar-refractivity contribution >= 4 is 0 Å². The molecule has 3 aliphatic heterocycles. The van der Waals surface area contributed by atoms with Gasteiger partial charge in [0.25, 0.3) is 5.56 Å². The third kappa shape index (κ3) is 3.73. The Balaban J connectivity index is 1.46. The van der Waals surface area contributed by atoms with Gasteiger partial charge in [-0.25, -0.2) is 4.98 Å². The molecule has 3 aromatic carbocycles. The molecule has 6 nitrogen and oxygen atoms in total. The van der Waals surface area contributed by atoms with Crippen LogP contribution < -0.4 is 15.0 Å². The summed E-state index contributed by atoms with van der Waals surface area (Å²) >= 11 is 0. The Morgan fingerprint density at radius 1 is 0.912 bits per heavy atom. The number of rotatable bonds is 5. The minimum Gasteiger partial charge on any atom is -0.454 e. The monoisotopic (exact) mass is 449 g/mol. The maximum Gasteiger partial charge on any atom is 0.278 e. The molecule has 0 spiro atoms. The average molecular weight is 450 g/mol. The molecule has 0 bridgehead atoms. The minimum atomic E-state index is -0.107. The SMILES string of the molecule is Cc1cccc(-c2cn3c(=O)c(Cc4ccc5c(c4)OCO5)nc-3c(Cc3ccccc3)[nH]2)c1. The van der Waals surface area contributed by atoms with Crippen molar-refractivity contribution in [1.82, 2.24) is 14.5 Å². The van der Waals surface area contributed by atoms with Crippen LogP contribution in [0.4, 0.5) is 0 Å². The number of H-pyrrole nitrogens is 1. The standard InChI is InChI=1S/C28H23N3O3/c1-18-6-5-9-21(12-18)24-16-31-27(22(29-24)13-19-7-3-2-4-8-19)30-23(28(31)32)14-20-10-11-25-26(15-20)34-17-33-25/h2-12,15-16,29H,13-14,17H2,1H3. The van der Waals surface area contributed by atoms with Crippen molar-refractivity contribution in [3.63, 3.8) is 0 Å². The van der Waals surface area contributed by atoms with E-state index in [9.17, 15) is 4.79 Å². The van der Waals surface area contributed by atoms with Gasteiger partial charge in [-0.05, 0) is 41.8 Å². The van der Waals surface area contributed by atoms with Crippen molar-refractivity contribution in [2.24, 2.45) is 0 Å². The van der Waals surface area contributed by atoms with Gasteiger partial charge in [0.05, 0.1) is 11.4 Å². The summed E-state index contributed by atoms with van der Waals surface area (Å²) in [5.41, 5.74) is 6.47. The predicted molar refractivity (Wildman–Crippen MR) is 130 cm³/mol. The first-order valence-electron chi connectivity index (χ1n) is 11.3. The Morgan fingerprint density at radius 3 is 2.62 bits per heavy atom. The molecule has 0 radical (unpaired) electrons. The highest BCUT2D eigenvalue weighted by atomic mass is 16.7. The first-order valence-corrected chi connectivity index (χ1v) is 11.3. The molecule has 6 heteroatoms. The molecule has 34 heavy (non-hydrogen) atoms. The van der Waals surface area contributed by atoms with Crippen LogP contribution in [0.25, 0.3) is 17.1 Å². The number of aromatic nitrogens is 3. The largest absolute Gasteiger partial charge is 0.454 e. The first kappa shape index (κ1) is 20.3. The fraction of sp³-hybridized carbons (Fsp3) is 0.143. The zero-order chi connectivity index (χ0) is 23.1. The van der Waals surface area contributed by atoms with Crippen LogP contribution in [0.5, 0.6) is 11.5 Å². The minimum absolute atomic E-state index is 0.107. The Bertz CT molecular complexity index is 1520. The highest BCUT2D eigenvalue weighted by Crippen LogP contribution is 2.33. The number of hydrogen-bond acceptors (Lipinski definition) is 4. The molecule has 168 valence electrons. The second kappa shape index (κ2) is 8.23. The van der Waals surface area contributed by atoms with Gasteiger partial charge in [0.1, 0.15) is 5.69 Å². The summed E-state index contributed by atoms with van der Waals surface area (Å²) in [6, 6.07) is 24.2. The highest BCUT2D eigenvalue weighted by Gasteiger charge is 2.21. The molecule has 0 atom stereocenters. The normalized spacial score (nSPS) is 12.4. The lowest BCUT2D eigenvalue weighted by Gasteiger charge is -2.13. The Labute approximate surface area is 196 Å². The van der Waals surface area contributed by atoms with Crippen molar-refractivity contribution in [2.75, 3.05) is 6.79 Å². The van der Waals surface area contributed by atoms with E-state index in [2.05, 4.69) is 36.2 Å². The van der Waals surface area contributed by atoms with Crippen molar-refractivity contribution in [2.45, 2.75) is 19.8 Å². The highest BCUT2D eigenvalue weighted by molar-refractivity contribution is 5.61. The summed E-state index contributed by atoms with van der Waals surface area (Å²) in [7, 11) is 0. The van der Waals surface area contributed by atoms with E-state index in [1.165, 1.54) is 0 Å². The van der Waals surface area contributed by atoms with Crippen molar-refractivity contribution < 1.29 is 9.47 Å². The van der Waals surface area contributed by atoms with Gasteiger partial charge in [0.2, 0.25) is 6.79 Å². The van der Waals surface area contributed by atoms with E-state index in [-0.39, 0.29) is 12.4 Å². The van der Waals surface area contributed by atoms with Crippen LogP contribution in [0.2, 0.25) is 0 Å². The summed E-state index contributed by atoms with van der Waals surface area (Å²) < 4.78 is 12.6. The van der Waals surface area contributed by atoms with E-state index in [0.717, 1.165) is 39.4 Å². The predicted octanol–water partition coefficient (Wildman–Crippen LogP) is 4.88. The number of imidazole rings is 1. The number of ether oxygens (including phenoxy) is 2. The molecule has 3 aliphatic rings. The van der Waals surface area contributed by atoms with Crippen molar-refractivity contribution in [3.8, 4) is 28.6 Å². The van der Waals surface area contributed by atoms with Gasteiger partial charge in [-0.2, -0.15) is 0 Å². The molecule has 0 saturated carbocycles. The Hall–Kier alpha value is -4.32. The van der Waals surface area contributed by atoms with Crippen molar-refractivity contribution in [3.05, 3.63) is 117 Å². The summed E-state index contributed by atoms with van der Waals surface area (Å²) in [5.74, 6) is 2.08. The maximum atomic E-state index is 13.5. The fourth-order valence-electron chi connectivity index (χ4n) is 4.42. The molecule has 3 heterocycles. The summed E-state index contributed by atoms with van der Waals surface area (Å²) in [4.78, 5) is 21.8. The van der Waals surface area contributed by atoms with Crippen LogP contribution in [-0.4, -0.2) is 21.3 Å². The number of nitrogens with zero attached hydrogens (tertiary/aromatic N) is 2. The third-order valence-electron chi connectivity index (χ3n) is 6.11. The van der Waals surface area contributed by atoms with Crippen LogP contribution in [0.3, 0.4) is 0 Å². The van der Waals surface area contributed by atoms with E-state index in [0.29, 0.717) is 30.1 Å². The fourth-order valence-corrected chi connectivity index (χ4v) is 4.42. The molecule has 6 rings (SSSR count). The van der Waals surface area contributed by atoms with Crippen LogP contribution >= 0.6 is 0 Å². The zero-order valence-electron chi connectivity index (χ0n) is 18.7. The van der Waals surface area contributed by atoms with E-state index >= 15 is 0 Å². The summed E-state index contributed by atoms with van der Waals surface area (Å²) in [5, 5.41) is 0. The molecule has 0 amide bonds. The molecule has 0 unspecified atom stereocenters. The van der Waals surface area contributed by atoms with Crippen LogP contribution in [0.15, 0.2) is 83.8 Å². The smallest absolute Gasteiger partial charge is 0.278 e. The third-order valence-corrected chi connectivity index (χ3v) is 6.11. The van der Waals surface area contributed by atoms with E-state index < -0.39 is 0 Å². The molecule has 0 aliphatic carbocycles. The topological polar surface area (TPSA) is 69.1 Å². The number of hydrogen-bond donors (Lipinski definition) is 1.